The second-order valence-corrected chi connectivity index (χ2v) is 5.80. The molecule has 1 aromatic heterocycles. The van der Waals surface area contributed by atoms with Crippen LogP contribution < -0.4 is 10.6 Å². The van der Waals surface area contributed by atoms with Crippen molar-refractivity contribution in [3.63, 3.8) is 0 Å². The number of hydrogen-bond acceptors (Lipinski definition) is 3. The molecule has 0 saturated heterocycles. The third kappa shape index (κ3) is 3.58. The minimum Gasteiger partial charge on any atom is -0.330 e. The topological polar surface area (TPSA) is 42.1 Å². The highest BCUT2D eigenvalue weighted by Crippen LogP contribution is 2.30. The first kappa shape index (κ1) is 15.0. The van der Waals surface area contributed by atoms with Gasteiger partial charge in [-0.15, -0.1) is 0 Å². The van der Waals surface area contributed by atoms with Crippen molar-refractivity contribution in [1.82, 2.24) is 4.98 Å². The smallest absolute Gasteiger partial charge is 0.147 e. The van der Waals surface area contributed by atoms with Crippen LogP contribution in [-0.2, 0) is 0 Å². The van der Waals surface area contributed by atoms with E-state index < -0.39 is 0 Å². The predicted molar refractivity (Wildman–Crippen MR) is 88.5 cm³/mol. The van der Waals surface area contributed by atoms with Gasteiger partial charge in [0.1, 0.15) is 5.82 Å². The number of anilines is 2. The summed E-state index contributed by atoms with van der Waals surface area (Å²) in [6, 6.07) is 10.6. The molecule has 0 fully saturated rings. The van der Waals surface area contributed by atoms with E-state index in [4.69, 9.17) is 5.73 Å². The Morgan fingerprint density at radius 1 is 1.15 bits per heavy atom. The van der Waals surface area contributed by atoms with Gasteiger partial charge in [0.15, 0.2) is 0 Å². The van der Waals surface area contributed by atoms with E-state index in [-0.39, 0.29) is 0 Å². The highest BCUT2D eigenvalue weighted by molar-refractivity contribution is 9.10. The number of benzene rings is 1. The first-order chi connectivity index (χ1) is 9.61. The third-order valence-electron chi connectivity index (χ3n) is 3.15. The molecule has 1 aromatic carbocycles. The van der Waals surface area contributed by atoms with Gasteiger partial charge in [-0.25, -0.2) is 4.98 Å². The second-order valence-electron chi connectivity index (χ2n) is 4.95. The van der Waals surface area contributed by atoms with Crippen LogP contribution in [-0.4, -0.2) is 18.1 Å². The standard InChI is InChI=1S/C16H20BrN3/c1-12-4-6-14(7-5-12)20(9-3-8-18)16-15(17)10-13(2)11-19-16/h4-7,10-11H,3,8-9,18H2,1-2H3. The molecule has 0 aliphatic rings. The van der Waals surface area contributed by atoms with Crippen LogP contribution in [0.1, 0.15) is 17.5 Å². The number of pyridine rings is 1. The molecule has 0 aliphatic carbocycles. The quantitative estimate of drug-likeness (QED) is 0.900. The van der Waals surface area contributed by atoms with E-state index in [2.05, 4.69) is 63.1 Å². The van der Waals surface area contributed by atoms with Crippen LogP contribution >= 0.6 is 15.9 Å². The Hall–Kier alpha value is -1.39. The number of halogens is 1. The van der Waals surface area contributed by atoms with Crippen molar-refractivity contribution in [3.8, 4) is 0 Å². The molecule has 106 valence electrons. The van der Waals surface area contributed by atoms with Crippen LogP contribution in [0.25, 0.3) is 0 Å². The molecule has 0 bridgehead atoms. The van der Waals surface area contributed by atoms with E-state index in [1.807, 2.05) is 13.1 Å². The summed E-state index contributed by atoms with van der Waals surface area (Å²) in [5.41, 5.74) is 9.20. The molecule has 20 heavy (non-hydrogen) atoms. The number of nitrogens with two attached hydrogens (primary N) is 1. The monoisotopic (exact) mass is 333 g/mol. The molecular weight excluding hydrogens is 314 g/mol. The van der Waals surface area contributed by atoms with Crippen LogP contribution in [0.3, 0.4) is 0 Å². The van der Waals surface area contributed by atoms with Gasteiger partial charge in [0.05, 0.1) is 4.47 Å². The average molecular weight is 334 g/mol. The van der Waals surface area contributed by atoms with Gasteiger partial charge in [0.2, 0.25) is 0 Å². The van der Waals surface area contributed by atoms with Gasteiger partial charge in [-0.1, -0.05) is 17.7 Å². The lowest BCUT2D eigenvalue weighted by atomic mass is 10.2. The molecule has 0 spiro atoms. The van der Waals surface area contributed by atoms with Gasteiger partial charge in [-0.3, -0.25) is 0 Å². The number of hydrogen-bond donors (Lipinski definition) is 1. The maximum Gasteiger partial charge on any atom is 0.147 e. The zero-order valence-corrected chi connectivity index (χ0v) is 13.5. The number of aromatic nitrogens is 1. The summed E-state index contributed by atoms with van der Waals surface area (Å²) < 4.78 is 1.01. The summed E-state index contributed by atoms with van der Waals surface area (Å²) in [5.74, 6) is 0.938. The maximum absolute atomic E-state index is 5.66. The molecule has 2 rings (SSSR count). The van der Waals surface area contributed by atoms with E-state index >= 15 is 0 Å². The van der Waals surface area contributed by atoms with Crippen LogP contribution in [0.2, 0.25) is 0 Å². The summed E-state index contributed by atoms with van der Waals surface area (Å²) in [6.07, 6.45) is 2.82. The molecule has 0 aliphatic heterocycles. The summed E-state index contributed by atoms with van der Waals surface area (Å²) in [4.78, 5) is 6.77. The fourth-order valence-corrected chi connectivity index (χ4v) is 2.73. The van der Waals surface area contributed by atoms with E-state index in [0.717, 1.165) is 34.5 Å². The molecule has 1 heterocycles. The summed E-state index contributed by atoms with van der Waals surface area (Å²) in [7, 11) is 0. The lowest BCUT2D eigenvalue weighted by Gasteiger charge is -2.25. The highest BCUT2D eigenvalue weighted by Gasteiger charge is 2.13. The van der Waals surface area contributed by atoms with Crippen LogP contribution in [0.5, 0.6) is 0 Å². The molecule has 2 N–H and O–H groups in total. The van der Waals surface area contributed by atoms with Crippen LogP contribution in [0, 0.1) is 13.8 Å². The van der Waals surface area contributed by atoms with E-state index in [1.165, 1.54) is 5.56 Å². The summed E-state index contributed by atoms with van der Waals surface area (Å²) >= 11 is 3.62. The van der Waals surface area contributed by atoms with Crippen LogP contribution in [0.4, 0.5) is 11.5 Å². The van der Waals surface area contributed by atoms with Crippen molar-refractivity contribution in [2.45, 2.75) is 20.3 Å². The number of rotatable bonds is 5. The molecular formula is C16H20BrN3. The van der Waals surface area contributed by atoms with Crippen LogP contribution in [0.15, 0.2) is 41.0 Å². The van der Waals surface area contributed by atoms with Gasteiger partial charge >= 0.3 is 0 Å². The molecule has 4 heteroatoms. The van der Waals surface area contributed by atoms with Gasteiger partial charge in [0, 0.05) is 18.4 Å². The predicted octanol–water partition coefficient (Wildman–Crippen LogP) is 3.95. The minimum absolute atomic E-state index is 0.672. The second kappa shape index (κ2) is 6.86. The van der Waals surface area contributed by atoms with Crippen molar-refractivity contribution in [2.24, 2.45) is 5.73 Å². The third-order valence-corrected chi connectivity index (χ3v) is 3.73. The largest absolute Gasteiger partial charge is 0.330 e. The van der Waals surface area contributed by atoms with Crippen molar-refractivity contribution < 1.29 is 0 Å². The summed E-state index contributed by atoms with van der Waals surface area (Å²) in [6.45, 7) is 5.66. The molecule has 2 aromatic rings. The van der Waals surface area contributed by atoms with Crippen molar-refractivity contribution in [1.29, 1.82) is 0 Å². The van der Waals surface area contributed by atoms with Crippen molar-refractivity contribution >= 4 is 27.4 Å². The number of nitrogens with zero attached hydrogens (tertiary/aromatic N) is 2. The fraction of sp³-hybridized carbons (Fsp3) is 0.312. The molecule has 0 radical (unpaired) electrons. The first-order valence-corrected chi connectivity index (χ1v) is 7.57. The minimum atomic E-state index is 0.672. The average Bonchev–Trinajstić information content (AvgIpc) is 2.42. The van der Waals surface area contributed by atoms with Gasteiger partial charge in [-0.2, -0.15) is 0 Å². The van der Waals surface area contributed by atoms with Gasteiger partial charge in [0.25, 0.3) is 0 Å². The first-order valence-electron chi connectivity index (χ1n) is 6.78. The lowest BCUT2D eigenvalue weighted by molar-refractivity contribution is 0.808. The Morgan fingerprint density at radius 2 is 1.85 bits per heavy atom. The lowest BCUT2D eigenvalue weighted by Crippen LogP contribution is -2.22. The van der Waals surface area contributed by atoms with Crippen molar-refractivity contribution in [3.05, 3.63) is 52.1 Å². The normalized spacial score (nSPS) is 10.6. The summed E-state index contributed by atoms with van der Waals surface area (Å²) in [5, 5.41) is 0. The molecule has 0 saturated carbocycles. The molecule has 0 unspecified atom stereocenters. The Bertz CT molecular complexity index is 566. The molecule has 3 nitrogen and oxygen atoms in total. The van der Waals surface area contributed by atoms with E-state index in [0.29, 0.717) is 6.54 Å². The number of aryl methyl sites for hydroxylation is 2. The zero-order chi connectivity index (χ0) is 14.5. The maximum atomic E-state index is 5.66. The van der Waals surface area contributed by atoms with Gasteiger partial charge in [-0.05, 0) is 66.5 Å². The Morgan fingerprint density at radius 3 is 2.45 bits per heavy atom. The Balaban J connectivity index is 2.38. The van der Waals surface area contributed by atoms with Gasteiger partial charge < -0.3 is 10.6 Å². The van der Waals surface area contributed by atoms with E-state index in [1.54, 1.807) is 0 Å². The zero-order valence-electron chi connectivity index (χ0n) is 11.9. The Labute approximate surface area is 129 Å². The fourth-order valence-electron chi connectivity index (χ4n) is 2.06. The Kier molecular flexibility index (Phi) is 5.15. The highest BCUT2D eigenvalue weighted by atomic mass is 79.9. The van der Waals surface area contributed by atoms with E-state index in [9.17, 15) is 0 Å². The molecule has 0 atom stereocenters. The SMILES string of the molecule is Cc1ccc(N(CCCN)c2ncc(C)cc2Br)cc1. The van der Waals surface area contributed by atoms with Crippen molar-refractivity contribution in [2.75, 3.05) is 18.0 Å². The molecule has 0 amide bonds.